The molecule has 1 aliphatic rings. The molecule has 0 unspecified atom stereocenters. The lowest BCUT2D eigenvalue weighted by atomic mass is 9.77. The van der Waals surface area contributed by atoms with E-state index in [9.17, 15) is 0 Å². The molecule has 0 spiro atoms. The Morgan fingerprint density at radius 2 is 2.05 bits per heavy atom. The van der Waals surface area contributed by atoms with Crippen molar-refractivity contribution in [1.29, 1.82) is 0 Å². The summed E-state index contributed by atoms with van der Waals surface area (Å²) in [6.45, 7) is 10.9. The van der Waals surface area contributed by atoms with Gasteiger partial charge in [-0.15, -0.1) is 0 Å². The van der Waals surface area contributed by atoms with Crippen LogP contribution < -0.4 is 10.1 Å². The zero-order valence-corrected chi connectivity index (χ0v) is 13.5. The summed E-state index contributed by atoms with van der Waals surface area (Å²) in [4.78, 5) is 0. The number of benzene rings is 1. The molecule has 0 aromatic heterocycles. The van der Waals surface area contributed by atoms with E-state index in [4.69, 9.17) is 4.74 Å². The molecule has 112 valence electrons. The van der Waals surface area contributed by atoms with Gasteiger partial charge in [-0.1, -0.05) is 32.9 Å². The van der Waals surface area contributed by atoms with Crippen LogP contribution in [0, 0.1) is 6.92 Å². The summed E-state index contributed by atoms with van der Waals surface area (Å²) >= 11 is 0. The molecule has 1 N–H and O–H groups in total. The predicted octanol–water partition coefficient (Wildman–Crippen LogP) is 4.42. The third kappa shape index (κ3) is 3.54. The first-order valence-corrected chi connectivity index (χ1v) is 8.06. The smallest absolute Gasteiger partial charge is 0.123 e. The average molecular weight is 275 g/mol. The van der Waals surface area contributed by atoms with Gasteiger partial charge in [0.15, 0.2) is 0 Å². The quantitative estimate of drug-likeness (QED) is 0.744. The molecule has 0 radical (unpaired) electrons. The van der Waals surface area contributed by atoms with Crippen molar-refractivity contribution in [3.63, 3.8) is 0 Å². The first-order chi connectivity index (χ1) is 9.56. The fourth-order valence-electron chi connectivity index (χ4n) is 2.79. The Morgan fingerprint density at radius 3 is 2.60 bits per heavy atom. The van der Waals surface area contributed by atoms with Crippen molar-refractivity contribution in [3.05, 3.63) is 29.3 Å². The molecule has 0 saturated heterocycles. The summed E-state index contributed by atoms with van der Waals surface area (Å²) in [5, 5.41) is 3.42. The van der Waals surface area contributed by atoms with E-state index < -0.39 is 0 Å². The molecular weight excluding hydrogens is 246 g/mol. The molecule has 0 heterocycles. The van der Waals surface area contributed by atoms with Gasteiger partial charge in [-0.2, -0.15) is 0 Å². The summed E-state index contributed by atoms with van der Waals surface area (Å²) < 4.78 is 6.47. The largest absolute Gasteiger partial charge is 0.487 e. The van der Waals surface area contributed by atoms with Crippen LogP contribution >= 0.6 is 0 Å². The monoisotopic (exact) mass is 275 g/mol. The molecule has 1 aromatic carbocycles. The Balaban J connectivity index is 2.08. The Hall–Kier alpha value is -1.02. The highest BCUT2D eigenvalue weighted by atomic mass is 16.5. The Labute approximate surface area is 123 Å². The minimum Gasteiger partial charge on any atom is -0.487 e. The predicted molar refractivity (Wildman–Crippen MR) is 85.6 cm³/mol. The molecule has 0 bridgehead atoms. The number of ether oxygens (including phenoxy) is 1. The van der Waals surface area contributed by atoms with Gasteiger partial charge in [0.1, 0.15) is 11.4 Å². The van der Waals surface area contributed by atoms with Gasteiger partial charge in [0.25, 0.3) is 0 Å². The fraction of sp³-hybridized carbons (Fsp3) is 0.667. The van der Waals surface area contributed by atoms with Crippen molar-refractivity contribution in [2.45, 2.75) is 64.9 Å². The van der Waals surface area contributed by atoms with Gasteiger partial charge < -0.3 is 10.1 Å². The third-order valence-electron chi connectivity index (χ3n) is 4.48. The van der Waals surface area contributed by atoms with E-state index in [1.54, 1.807) is 0 Å². The molecule has 2 heteroatoms. The maximum absolute atomic E-state index is 6.47. The topological polar surface area (TPSA) is 21.3 Å². The molecule has 0 aliphatic heterocycles. The Morgan fingerprint density at radius 1 is 1.30 bits per heavy atom. The van der Waals surface area contributed by atoms with Crippen LogP contribution in [0.5, 0.6) is 5.75 Å². The lowest BCUT2D eigenvalue weighted by Gasteiger charge is -2.42. The summed E-state index contributed by atoms with van der Waals surface area (Å²) in [6, 6.07) is 6.66. The summed E-state index contributed by atoms with van der Waals surface area (Å²) in [7, 11) is 0. The minimum absolute atomic E-state index is 0.0858. The van der Waals surface area contributed by atoms with E-state index in [2.05, 4.69) is 51.2 Å². The van der Waals surface area contributed by atoms with Gasteiger partial charge in [0.05, 0.1) is 0 Å². The molecule has 2 nitrogen and oxygen atoms in total. The first-order valence-electron chi connectivity index (χ1n) is 8.06. The molecule has 20 heavy (non-hydrogen) atoms. The SMILES string of the molecule is CCNCCC1(Oc2cc(C(C)C)ccc2C)CCC1. The van der Waals surface area contributed by atoms with Crippen molar-refractivity contribution in [3.8, 4) is 5.75 Å². The normalized spacial score (nSPS) is 17.1. The van der Waals surface area contributed by atoms with Gasteiger partial charge >= 0.3 is 0 Å². The van der Waals surface area contributed by atoms with Crippen LogP contribution in [0.2, 0.25) is 0 Å². The molecule has 1 fully saturated rings. The highest BCUT2D eigenvalue weighted by molar-refractivity contribution is 5.38. The number of hydrogen-bond donors (Lipinski definition) is 1. The molecule has 2 rings (SSSR count). The standard InChI is InChI=1S/C18H29NO/c1-5-19-12-11-18(9-6-10-18)20-17-13-16(14(2)3)8-7-15(17)4/h7-8,13-14,19H,5-6,9-12H2,1-4H3. The van der Waals surface area contributed by atoms with Crippen LogP contribution in [0.1, 0.15) is 63.5 Å². The van der Waals surface area contributed by atoms with E-state index in [0.717, 1.165) is 25.3 Å². The number of nitrogens with one attached hydrogen (secondary N) is 1. The van der Waals surface area contributed by atoms with Crippen molar-refractivity contribution in [2.24, 2.45) is 0 Å². The molecule has 1 saturated carbocycles. The van der Waals surface area contributed by atoms with E-state index in [1.165, 1.54) is 30.4 Å². The number of hydrogen-bond acceptors (Lipinski definition) is 2. The van der Waals surface area contributed by atoms with E-state index >= 15 is 0 Å². The van der Waals surface area contributed by atoms with Crippen LogP contribution in [-0.4, -0.2) is 18.7 Å². The number of aryl methyl sites for hydroxylation is 1. The summed E-state index contributed by atoms with van der Waals surface area (Å²) in [6.07, 6.45) is 4.81. The van der Waals surface area contributed by atoms with Crippen molar-refractivity contribution in [1.82, 2.24) is 5.32 Å². The second kappa shape index (κ2) is 6.62. The van der Waals surface area contributed by atoms with Crippen molar-refractivity contribution >= 4 is 0 Å². The number of rotatable bonds is 7. The molecule has 0 amide bonds. The van der Waals surface area contributed by atoms with Crippen LogP contribution in [0.25, 0.3) is 0 Å². The van der Waals surface area contributed by atoms with E-state index in [1.807, 2.05) is 0 Å². The summed E-state index contributed by atoms with van der Waals surface area (Å²) in [5.41, 5.74) is 2.71. The maximum Gasteiger partial charge on any atom is 0.123 e. The van der Waals surface area contributed by atoms with Crippen LogP contribution in [0.4, 0.5) is 0 Å². The second-order valence-corrected chi connectivity index (χ2v) is 6.42. The lowest BCUT2D eigenvalue weighted by Crippen LogP contribution is -2.45. The molecule has 1 aliphatic carbocycles. The van der Waals surface area contributed by atoms with Crippen LogP contribution in [0.3, 0.4) is 0 Å². The zero-order valence-electron chi connectivity index (χ0n) is 13.5. The van der Waals surface area contributed by atoms with E-state index in [-0.39, 0.29) is 5.60 Å². The molecular formula is C18H29NO. The fourth-order valence-corrected chi connectivity index (χ4v) is 2.79. The maximum atomic E-state index is 6.47. The Kier molecular flexibility index (Phi) is 5.09. The molecule has 0 atom stereocenters. The van der Waals surface area contributed by atoms with E-state index in [0.29, 0.717) is 5.92 Å². The Bertz CT molecular complexity index is 435. The zero-order chi connectivity index (χ0) is 14.6. The third-order valence-corrected chi connectivity index (χ3v) is 4.48. The first kappa shape index (κ1) is 15.4. The van der Waals surface area contributed by atoms with Crippen LogP contribution in [-0.2, 0) is 0 Å². The molecule has 1 aromatic rings. The van der Waals surface area contributed by atoms with Crippen molar-refractivity contribution in [2.75, 3.05) is 13.1 Å². The van der Waals surface area contributed by atoms with Gasteiger partial charge in [0, 0.05) is 0 Å². The van der Waals surface area contributed by atoms with Gasteiger partial charge in [-0.05, 0) is 68.8 Å². The van der Waals surface area contributed by atoms with Gasteiger partial charge in [-0.25, -0.2) is 0 Å². The average Bonchev–Trinajstić information content (AvgIpc) is 2.38. The van der Waals surface area contributed by atoms with Gasteiger partial charge in [-0.3, -0.25) is 0 Å². The highest BCUT2D eigenvalue weighted by Gasteiger charge is 2.39. The second-order valence-electron chi connectivity index (χ2n) is 6.42. The van der Waals surface area contributed by atoms with Crippen LogP contribution in [0.15, 0.2) is 18.2 Å². The summed E-state index contributed by atoms with van der Waals surface area (Å²) in [5.74, 6) is 1.64. The lowest BCUT2D eigenvalue weighted by molar-refractivity contribution is -0.0147. The van der Waals surface area contributed by atoms with Gasteiger partial charge in [0.2, 0.25) is 0 Å². The minimum atomic E-state index is 0.0858. The van der Waals surface area contributed by atoms with Crippen molar-refractivity contribution < 1.29 is 4.74 Å². The highest BCUT2D eigenvalue weighted by Crippen LogP contribution is 2.40.